The summed E-state index contributed by atoms with van der Waals surface area (Å²) in [5.74, 6) is 1.27. The minimum Gasteiger partial charge on any atom is -0.325 e. The third-order valence-corrected chi connectivity index (χ3v) is 5.88. The summed E-state index contributed by atoms with van der Waals surface area (Å²) < 4.78 is 3.38. The molecule has 0 radical (unpaired) electrons. The van der Waals surface area contributed by atoms with Crippen molar-refractivity contribution < 1.29 is 4.79 Å². The van der Waals surface area contributed by atoms with E-state index in [0.29, 0.717) is 18.5 Å². The summed E-state index contributed by atoms with van der Waals surface area (Å²) in [6, 6.07) is 6.44. The number of rotatable bonds is 5. The molecule has 0 spiro atoms. The molecule has 2 heterocycles. The number of piperidine rings is 1. The minimum absolute atomic E-state index is 0.00725. The van der Waals surface area contributed by atoms with Crippen molar-refractivity contribution >= 4 is 11.6 Å². The lowest BCUT2D eigenvalue weighted by molar-refractivity contribution is -0.117. The van der Waals surface area contributed by atoms with Gasteiger partial charge in [-0.2, -0.15) is 5.10 Å². The zero-order valence-corrected chi connectivity index (χ0v) is 16.9. The van der Waals surface area contributed by atoms with Crippen molar-refractivity contribution in [2.45, 2.75) is 51.5 Å². The number of likely N-dealkylation sites (tertiary alicyclic amines) is 1. The second kappa shape index (κ2) is 7.54. The van der Waals surface area contributed by atoms with Crippen LogP contribution >= 0.6 is 0 Å². The summed E-state index contributed by atoms with van der Waals surface area (Å²) in [5.41, 5.74) is 3.11. The van der Waals surface area contributed by atoms with Gasteiger partial charge in [0.15, 0.2) is 0 Å². The van der Waals surface area contributed by atoms with E-state index in [9.17, 15) is 9.59 Å². The minimum atomic E-state index is 0.00725. The highest BCUT2D eigenvalue weighted by atomic mass is 16.2. The van der Waals surface area contributed by atoms with Crippen molar-refractivity contribution in [1.82, 2.24) is 19.2 Å². The molecule has 7 nitrogen and oxygen atoms in total. The van der Waals surface area contributed by atoms with Gasteiger partial charge < -0.3 is 5.32 Å². The molecule has 1 amide bonds. The van der Waals surface area contributed by atoms with E-state index < -0.39 is 0 Å². The molecule has 0 atom stereocenters. The summed E-state index contributed by atoms with van der Waals surface area (Å²) >= 11 is 0. The van der Waals surface area contributed by atoms with E-state index in [0.717, 1.165) is 61.4 Å². The number of hydrogen-bond acceptors (Lipinski definition) is 4. The molecule has 1 aliphatic carbocycles. The summed E-state index contributed by atoms with van der Waals surface area (Å²) in [4.78, 5) is 27.0. The maximum Gasteiger partial charge on any atom is 0.345 e. The number of nitrogens with zero attached hydrogens (tertiary/aromatic N) is 4. The molecule has 0 bridgehead atoms. The Morgan fingerprint density at radius 2 is 1.89 bits per heavy atom. The lowest BCUT2D eigenvalue weighted by Gasteiger charge is -2.31. The van der Waals surface area contributed by atoms with Crippen molar-refractivity contribution in [3.63, 3.8) is 0 Å². The Balaban J connectivity index is 1.35. The third-order valence-electron chi connectivity index (χ3n) is 5.88. The average molecular weight is 383 g/mol. The Bertz CT molecular complexity index is 933. The Morgan fingerprint density at radius 3 is 2.57 bits per heavy atom. The van der Waals surface area contributed by atoms with Crippen LogP contribution in [0.2, 0.25) is 0 Å². The predicted octanol–water partition coefficient (Wildman–Crippen LogP) is 2.35. The van der Waals surface area contributed by atoms with Crippen LogP contribution in [0.25, 0.3) is 0 Å². The molecule has 7 heteroatoms. The van der Waals surface area contributed by atoms with E-state index in [2.05, 4.69) is 21.4 Å². The van der Waals surface area contributed by atoms with Gasteiger partial charge in [0.1, 0.15) is 5.82 Å². The molecule has 4 rings (SSSR count). The van der Waals surface area contributed by atoms with Crippen LogP contribution in [-0.4, -0.2) is 44.8 Å². The maximum atomic E-state index is 12.5. The van der Waals surface area contributed by atoms with Gasteiger partial charge in [-0.15, -0.1) is 0 Å². The summed E-state index contributed by atoms with van der Waals surface area (Å²) in [5, 5.41) is 7.57. The van der Waals surface area contributed by atoms with Crippen molar-refractivity contribution in [2.24, 2.45) is 7.05 Å². The van der Waals surface area contributed by atoms with Crippen molar-refractivity contribution in [2.75, 3.05) is 25.0 Å². The monoisotopic (exact) mass is 383 g/mol. The van der Waals surface area contributed by atoms with Crippen LogP contribution in [-0.2, 0) is 11.8 Å². The first-order valence-electron chi connectivity index (χ1n) is 10.2. The highest BCUT2D eigenvalue weighted by molar-refractivity contribution is 5.93. The van der Waals surface area contributed by atoms with Crippen LogP contribution in [0.15, 0.2) is 23.0 Å². The van der Waals surface area contributed by atoms with Crippen LogP contribution in [0.3, 0.4) is 0 Å². The number of aromatic nitrogens is 3. The fourth-order valence-electron chi connectivity index (χ4n) is 4.07. The molecule has 1 aliphatic heterocycles. The normalized spacial score (nSPS) is 18.4. The van der Waals surface area contributed by atoms with Gasteiger partial charge in [0, 0.05) is 24.7 Å². The Kier molecular flexibility index (Phi) is 5.10. The molecule has 1 aromatic carbocycles. The van der Waals surface area contributed by atoms with Gasteiger partial charge in [0.25, 0.3) is 0 Å². The fraction of sp³-hybridized carbons (Fsp3) is 0.571. The Hall–Kier alpha value is -2.41. The van der Waals surface area contributed by atoms with E-state index in [1.54, 1.807) is 7.05 Å². The third kappa shape index (κ3) is 3.90. The van der Waals surface area contributed by atoms with E-state index >= 15 is 0 Å². The predicted molar refractivity (Wildman–Crippen MR) is 109 cm³/mol. The van der Waals surface area contributed by atoms with E-state index in [4.69, 9.17) is 0 Å². The fourth-order valence-corrected chi connectivity index (χ4v) is 4.07. The Labute approximate surface area is 165 Å². The highest BCUT2D eigenvalue weighted by Gasteiger charge is 2.33. The van der Waals surface area contributed by atoms with E-state index in [-0.39, 0.29) is 11.6 Å². The van der Waals surface area contributed by atoms with Gasteiger partial charge in [0.2, 0.25) is 5.91 Å². The standard InChI is InChI=1S/C21H29N5O2/c1-14-4-5-15(2)18(12-14)22-19(27)13-25-10-8-16(9-11-25)20-23-24(3)21(28)26(20)17-6-7-17/h4-5,12,16-17H,6-11,13H2,1-3H3,(H,22,27). The van der Waals surface area contributed by atoms with Gasteiger partial charge in [-0.25, -0.2) is 9.48 Å². The van der Waals surface area contributed by atoms with Gasteiger partial charge in [-0.3, -0.25) is 14.3 Å². The zero-order chi connectivity index (χ0) is 19.8. The summed E-state index contributed by atoms with van der Waals surface area (Å²) in [6.45, 7) is 6.13. The molecule has 1 saturated heterocycles. The average Bonchev–Trinajstić information content (AvgIpc) is 3.45. The van der Waals surface area contributed by atoms with Crippen LogP contribution in [0.4, 0.5) is 5.69 Å². The molecular weight excluding hydrogens is 354 g/mol. The van der Waals surface area contributed by atoms with Crippen molar-refractivity contribution in [1.29, 1.82) is 0 Å². The second-order valence-corrected chi connectivity index (χ2v) is 8.28. The number of carbonyl (C=O) groups is 1. The first-order valence-corrected chi connectivity index (χ1v) is 10.2. The van der Waals surface area contributed by atoms with Gasteiger partial charge in [-0.05, 0) is 69.8 Å². The zero-order valence-electron chi connectivity index (χ0n) is 16.9. The lowest BCUT2D eigenvalue weighted by atomic mass is 9.96. The molecule has 150 valence electrons. The first-order chi connectivity index (χ1) is 13.4. The molecule has 1 aromatic heterocycles. The quantitative estimate of drug-likeness (QED) is 0.860. The molecule has 1 saturated carbocycles. The molecule has 2 fully saturated rings. The molecule has 2 aliphatic rings. The van der Waals surface area contributed by atoms with Crippen LogP contribution < -0.4 is 11.0 Å². The van der Waals surface area contributed by atoms with Crippen molar-refractivity contribution in [3.8, 4) is 0 Å². The van der Waals surface area contributed by atoms with Crippen molar-refractivity contribution in [3.05, 3.63) is 45.6 Å². The van der Waals surface area contributed by atoms with Gasteiger partial charge in [-0.1, -0.05) is 12.1 Å². The number of carbonyl (C=O) groups excluding carboxylic acids is 1. The molecule has 0 unspecified atom stereocenters. The lowest BCUT2D eigenvalue weighted by Crippen LogP contribution is -2.39. The number of anilines is 1. The smallest absolute Gasteiger partial charge is 0.325 e. The van der Waals surface area contributed by atoms with E-state index in [1.165, 1.54) is 4.68 Å². The molecule has 2 aromatic rings. The highest BCUT2D eigenvalue weighted by Crippen LogP contribution is 2.37. The SMILES string of the molecule is Cc1ccc(C)c(NC(=O)CN2CCC(c3nn(C)c(=O)n3C3CC3)CC2)c1. The maximum absolute atomic E-state index is 12.5. The van der Waals surface area contributed by atoms with Gasteiger partial charge >= 0.3 is 5.69 Å². The summed E-state index contributed by atoms with van der Waals surface area (Å²) in [7, 11) is 1.73. The number of aryl methyl sites for hydroxylation is 3. The summed E-state index contributed by atoms with van der Waals surface area (Å²) in [6.07, 6.45) is 4.02. The number of nitrogens with one attached hydrogen (secondary N) is 1. The Morgan fingerprint density at radius 1 is 1.18 bits per heavy atom. The molecule has 28 heavy (non-hydrogen) atoms. The van der Waals surface area contributed by atoms with Crippen LogP contribution in [0.1, 0.15) is 54.6 Å². The van der Waals surface area contributed by atoms with Crippen LogP contribution in [0.5, 0.6) is 0 Å². The van der Waals surface area contributed by atoms with Crippen LogP contribution in [0, 0.1) is 13.8 Å². The molecule has 1 N–H and O–H groups in total. The van der Waals surface area contributed by atoms with E-state index in [1.807, 2.05) is 30.5 Å². The molecular formula is C21H29N5O2. The largest absolute Gasteiger partial charge is 0.345 e. The number of amides is 1. The number of benzene rings is 1. The van der Waals surface area contributed by atoms with Gasteiger partial charge in [0.05, 0.1) is 6.54 Å². The second-order valence-electron chi connectivity index (χ2n) is 8.28. The topological polar surface area (TPSA) is 72.2 Å². The number of hydrogen-bond donors (Lipinski definition) is 1. The first kappa shape index (κ1) is 18.9.